The van der Waals surface area contributed by atoms with Gasteiger partial charge in [-0.15, -0.1) is 0 Å². The second-order valence-electron chi connectivity index (χ2n) is 5.03. The Kier molecular flexibility index (Phi) is 3.98. The van der Waals surface area contributed by atoms with Crippen LogP contribution in [-0.4, -0.2) is 32.9 Å². The molecule has 1 heterocycles. The van der Waals surface area contributed by atoms with Crippen molar-refractivity contribution < 1.29 is 14.7 Å². The standard InChI is InChI=1S/C12H16N6O3/c13-4-6-3-7(16-12(20)21)1-2-9(6)18-5-8(11(15)19)10(14)17-18/h5-7,9,16H,1-3H2,(H2,14,17)(H2,15,19)(H,20,21)/t6-,7-,9+/m0/s1. The predicted molar refractivity (Wildman–Crippen MR) is 72.1 cm³/mol. The topological polar surface area (TPSA) is 160 Å². The van der Waals surface area contributed by atoms with Crippen LogP contribution in [0.4, 0.5) is 10.6 Å². The van der Waals surface area contributed by atoms with Crippen molar-refractivity contribution in [2.45, 2.75) is 31.3 Å². The van der Waals surface area contributed by atoms with Crippen LogP contribution < -0.4 is 16.8 Å². The summed E-state index contributed by atoms with van der Waals surface area (Å²) in [6.07, 6.45) is 1.87. The number of amides is 2. The van der Waals surface area contributed by atoms with Gasteiger partial charge >= 0.3 is 6.09 Å². The maximum absolute atomic E-state index is 11.2. The molecule has 3 atom stereocenters. The van der Waals surface area contributed by atoms with E-state index in [1.54, 1.807) is 0 Å². The normalized spacial score (nSPS) is 25.0. The fraction of sp³-hybridized carbons (Fsp3) is 0.500. The number of nitrogens with one attached hydrogen (secondary N) is 1. The third-order valence-electron chi connectivity index (χ3n) is 3.67. The van der Waals surface area contributed by atoms with Crippen molar-refractivity contribution in [3.63, 3.8) is 0 Å². The SMILES string of the molecule is N#C[C@@H]1C[C@@H](NC(=O)O)CC[C@H]1n1cc(C(N)=O)c(N)n1. The molecule has 0 aliphatic heterocycles. The van der Waals surface area contributed by atoms with Gasteiger partial charge in [-0.3, -0.25) is 9.48 Å². The molecule has 1 aromatic rings. The van der Waals surface area contributed by atoms with Crippen LogP contribution in [0.5, 0.6) is 0 Å². The van der Waals surface area contributed by atoms with Gasteiger partial charge in [0.15, 0.2) is 5.82 Å². The minimum Gasteiger partial charge on any atom is -0.465 e. The van der Waals surface area contributed by atoms with Gasteiger partial charge in [0.2, 0.25) is 0 Å². The molecule has 2 rings (SSSR count). The van der Waals surface area contributed by atoms with Gasteiger partial charge in [-0.05, 0) is 19.3 Å². The number of hydrogen-bond acceptors (Lipinski definition) is 5. The highest BCUT2D eigenvalue weighted by Gasteiger charge is 2.33. The minimum atomic E-state index is -1.10. The highest BCUT2D eigenvalue weighted by Crippen LogP contribution is 2.34. The molecule has 1 aliphatic rings. The highest BCUT2D eigenvalue weighted by atomic mass is 16.4. The molecule has 0 unspecified atom stereocenters. The summed E-state index contributed by atoms with van der Waals surface area (Å²) in [5.41, 5.74) is 10.9. The second kappa shape index (κ2) is 5.70. The Labute approximate surface area is 120 Å². The molecule has 0 bridgehead atoms. The molecule has 9 nitrogen and oxygen atoms in total. The second-order valence-corrected chi connectivity index (χ2v) is 5.03. The van der Waals surface area contributed by atoms with E-state index < -0.39 is 17.9 Å². The lowest BCUT2D eigenvalue weighted by Gasteiger charge is -2.32. The van der Waals surface area contributed by atoms with Crippen molar-refractivity contribution in [2.24, 2.45) is 11.7 Å². The molecule has 6 N–H and O–H groups in total. The van der Waals surface area contributed by atoms with Crippen LogP contribution in [-0.2, 0) is 0 Å². The van der Waals surface area contributed by atoms with E-state index in [0.29, 0.717) is 19.3 Å². The molecule has 0 aromatic carbocycles. The van der Waals surface area contributed by atoms with E-state index in [2.05, 4.69) is 16.5 Å². The lowest BCUT2D eigenvalue weighted by atomic mass is 9.82. The Morgan fingerprint density at radius 2 is 2.24 bits per heavy atom. The number of aromatic nitrogens is 2. The van der Waals surface area contributed by atoms with Crippen LogP contribution in [0.3, 0.4) is 0 Å². The molecular formula is C12H16N6O3. The van der Waals surface area contributed by atoms with Gasteiger partial charge in [0.05, 0.1) is 18.0 Å². The van der Waals surface area contributed by atoms with Gasteiger partial charge in [-0.1, -0.05) is 0 Å². The van der Waals surface area contributed by atoms with Gasteiger partial charge < -0.3 is 21.9 Å². The summed E-state index contributed by atoms with van der Waals surface area (Å²) in [7, 11) is 0. The molecule has 1 aliphatic carbocycles. The summed E-state index contributed by atoms with van der Waals surface area (Å²) in [4.78, 5) is 21.8. The average Bonchev–Trinajstić information content (AvgIpc) is 2.80. The third kappa shape index (κ3) is 3.05. The van der Waals surface area contributed by atoms with E-state index in [1.165, 1.54) is 10.9 Å². The van der Waals surface area contributed by atoms with Gasteiger partial charge in [0.1, 0.15) is 5.56 Å². The monoisotopic (exact) mass is 292 g/mol. The number of hydrogen-bond donors (Lipinski definition) is 4. The average molecular weight is 292 g/mol. The fourth-order valence-corrected chi connectivity index (χ4v) is 2.68. The Balaban J connectivity index is 2.17. The number of nitrogens with zero attached hydrogens (tertiary/aromatic N) is 3. The molecule has 0 spiro atoms. The molecule has 0 radical (unpaired) electrons. The van der Waals surface area contributed by atoms with Crippen LogP contribution in [0.1, 0.15) is 35.7 Å². The molecule has 2 amide bonds. The van der Waals surface area contributed by atoms with Crippen molar-refractivity contribution in [3.8, 4) is 6.07 Å². The molecule has 1 saturated carbocycles. The first kappa shape index (κ1) is 14.6. The van der Waals surface area contributed by atoms with Crippen molar-refractivity contribution in [1.82, 2.24) is 15.1 Å². The number of nitrogens with two attached hydrogens (primary N) is 2. The number of primary amides is 1. The molecule has 21 heavy (non-hydrogen) atoms. The van der Waals surface area contributed by atoms with E-state index in [4.69, 9.17) is 16.6 Å². The predicted octanol–water partition coefficient (Wildman–Crippen LogP) is 0.0652. The van der Waals surface area contributed by atoms with Crippen LogP contribution in [0.15, 0.2) is 6.20 Å². The summed E-state index contributed by atoms with van der Waals surface area (Å²) in [6.45, 7) is 0. The Hall–Kier alpha value is -2.76. The van der Waals surface area contributed by atoms with Crippen LogP contribution in [0.25, 0.3) is 0 Å². The fourth-order valence-electron chi connectivity index (χ4n) is 2.68. The number of carbonyl (C=O) groups is 2. The summed E-state index contributed by atoms with van der Waals surface area (Å²) >= 11 is 0. The number of carbonyl (C=O) groups excluding carboxylic acids is 1. The van der Waals surface area contributed by atoms with Crippen molar-refractivity contribution in [2.75, 3.05) is 5.73 Å². The molecule has 1 aromatic heterocycles. The minimum absolute atomic E-state index is 0.0324. The zero-order chi connectivity index (χ0) is 15.6. The maximum atomic E-state index is 11.2. The Morgan fingerprint density at radius 1 is 1.52 bits per heavy atom. The largest absolute Gasteiger partial charge is 0.465 e. The number of rotatable bonds is 3. The first-order valence-corrected chi connectivity index (χ1v) is 6.46. The summed E-state index contributed by atoms with van der Waals surface area (Å²) in [6, 6.07) is 1.65. The van der Waals surface area contributed by atoms with E-state index in [0.717, 1.165) is 0 Å². The number of nitriles is 1. The van der Waals surface area contributed by atoms with E-state index >= 15 is 0 Å². The molecule has 0 saturated heterocycles. The Bertz CT molecular complexity index is 605. The maximum Gasteiger partial charge on any atom is 0.404 e. The number of carboxylic acid groups (broad SMARTS) is 1. The quantitative estimate of drug-likeness (QED) is 0.616. The summed E-state index contributed by atoms with van der Waals surface area (Å²) < 4.78 is 1.49. The van der Waals surface area contributed by atoms with Gasteiger partial charge in [-0.25, -0.2) is 4.79 Å². The Morgan fingerprint density at radius 3 is 2.76 bits per heavy atom. The van der Waals surface area contributed by atoms with Crippen LogP contribution >= 0.6 is 0 Å². The summed E-state index contributed by atoms with van der Waals surface area (Å²) in [5.74, 6) is -1.06. The first-order chi connectivity index (χ1) is 9.92. The van der Waals surface area contributed by atoms with E-state index in [9.17, 15) is 14.9 Å². The smallest absolute Gasteiger partial charge is 0.404 e. The zero-order valence-electron chi connectivity index (χ0n) is 11.2. The van der Waals surface area contributed by atoms with Crippen molar-refractivity contribution in [3.05, 3.63) is 11.8 Å². The van der Waals surface area contributed by atoms with Gasteiger partial charge in [0.25, 0.3) is 5.91 Å². The lowest BCUT2D eigenvalue weighted by Crippen LogP contribution is -2.40. The lowest BCUT2D eigenvalue weighted by molar-refractivity contribution is 0.100. The van der Waals surface area contributed by atoms with E-state index in [1.807, 2.05) is 0 Å². The first-order valence-electron chi connectivity index (χ1n) is 6.46. The van der Waals surface area contributed by atoms with Crippen LogP contribution in [0.2, 0.25) is 0 Å². The third-order valence-corrected chi connectivity index (χ3v) is 3.67. The van der Waals surface area contributed by atoms with E-state index in [-0.39, 0.29) is 23.5 Å². The van der Waals surface area contributed by atoms with Crippen molar-refractivity contribution >= 4 is 17.8 Å². The number of nitrogen functional groups attached to an aromatic ring is 1. The molecular weight excluding hydrogens is 276 g/mol. The van der Waals surface area contributed by atoms with Crippen LogP contribution in [0, 0.1) is 17.2 Å². The summed E-state index contributed by atoms with van der Waals surface area (Å²) in [5, 5.41) is 24.4. The van der Waals surface area contributed by atoms with Crippen molar-refractivity contribution in [1.29, 1.82) is 5.26 Å². The zero-order valence-corrected chi connectivity index (χ0v) is 11.2. The van der Waals surface area contributed by atoms with Gasteiger partial charge in [-0.2, -0.15) is 10.4 Å². The van der Waals surface area contributed by atoms with Gasteiger partial charge in [0, 0.05) is 12.2 Å². The molecule has 9 heteroatoms. The highest BCUT2D eigenvalue weighted by molar-refractivity contribution is 5.96. The number of anilines is 1. The molecule has 1 fully saturated rings. The molecule has 112 valence electrons.